The summed E-state index contributed by atoms with van der Waals surface area (Å²) >= 11 is 1.78. The van der Waals surface area contributed by atoms with Gasteiger partial charge in [-0.2, -0.15) is 0 Å². The summed E-state index contributed by atoms with van der Waals surface area (Å²) in [6.07, 6.45) is 1.23. The van der Waals surface area contributed by atoms with Gasteiger partial charge < -0.3 is 15.4 Å². The van der Waals surface area contributed by atoms with Crippen molar-refractivity contribution in [3.05, 3.63) is 53.6 Å². The van der Waals surface area contributed by atoms with E-state index in [-0.39, 0.29) is 24.0 Å². The highest BCUT2D eigenvalue weighted by atomic mass is 127. The van der Waals surface area contributed by atoms with Crippen LogP contribution in [0.15, 0.2) is 57.2 Å². The number of hydrogen-bond donors (Lipinski definition) is 2. The fourth-order valence-corrected chi connectivity index (χ4v) is 4.95. The Labute approximate surface area is 207 Å². The van der Waals surface area contributed by atoms with Gasteiger partial charge in [0.15, 0.2) is 15.8 Å². The van der Waals surface area contributed by atoms with Gasteiger partial charge in [0, 0.05) is 37.0 Å². The number of halogens is 1. The molecule has 0 aliphatic carbocycles. The number of rotatable bonds is 9. The van der Waals surface area contributed by atoms with E-state index in [9.17, 15) is 8.42 Å². The van der Waals surface area contributed by atoms with Gasteiger partial charge in [-0.1, -0.05) is 31.2 Å². The van der Waals surface area contributed by atoms with E-state index in [1.165, 1.54) is 6.26 Å². The second-order valence-corrected chi connectivity index (χ2v) is 10.3. The normalized spacial score (nSPS) is 12.6. The van der Waals surface area contributed by atoms with Crippen molar-refractivity contribution in [3.63, 3.8) is 0 Å². The molecule has 0 heterocycles. The van der Waals surface area contributed by atoms with Crippen molar-refractivity contribution in [2.24, 2.45) is 10.9 Å². The number of methoxy groups -OCH3 is 1. The van der Waals surface area contributed by atoms with Crippen LogP contribution in [0, 0.1) is 12.8 Å². The summed E-state index contributed by atoms with van der Waals surface area (Å²) in [7, 11) is 0.228. The summed E-state index contributed by atoms with van der Waals surface area (Å²) in [5.41, 5.74) is 1.75. The van der Waals surface area contributed by atoms with Crippen molar-refractivity contribution in [1.82, 2.24) is 10.6 Å². The van der Waals surface area contributed by atoms with Gasteiger partial charge in [-0.15, -0.1) is 35.7 Å². The van der Waals surface area contributed by atoms with E-state index in [0.717, 1.165) is 34.1 Å². The number of thioether (sulfide) groups is 1. The van der Waals surface area contributed by atoms with Crippen molar-refractivity contribution in [3.8, 4) is 5.75 Å². The molecule has 1 unspecified atom stereocenters. The van der Waals surface area contributed by atoms with Crippen LogP contribution in [-0.2, 0) is 16.4 Å². The molecule has 2 aromatic rings. The van der Waals surface area contributed by atoms with E-state index in [1.807, 2.05) is 37.3 Å². The quantitative estimate of drug-likeness (QED) is 0.202. The number of nitrogens with zero attached hydrogens (tertiary/aromatic N) is 1. The maximum absolute atomic E-state index is 11.8. The smallest absolute Gasteiger partial charge is 0.191 e. The zero-order chi connectivity index (χ0) is 22.1. The lowest BCUT2D eigenvalue weighted by atomic mass is 10.1. The number of aryl methyl sites for hydroxylation is 1. The maximum Gasteiger partial charge on any atom is 0.191 e. The highest BCUT2D eigenvalue weighted by Gasteiger charge is 2.11. The number of ether oxygens (including phenoxy) is 1. The van der Waals surface area contributed by atoms with E-state index in [0.29, 0.717) is 23.3 Å². The summed E-state index contributed by atoms with van der Waals surface area (Å²) in [5, 5.41) is 6.63. The van der Waals surface area contributed by atoms with Crippen molar-refractivity contribution in [2.75, 3.05) is 32.7 Å². The summed E-state index contributed by atoms with van der Waals surface area (Å²) in [5.74, 6) is 3.00. The fourth-order valence-electron chi connectivity index (χ4n) is 2.94. The summed E-state index contributed by atoms with van der Waals surface area (Å²) in [6.45, 7) is 5.35. The molecule has 1 atom stereocenters. The molecule has 31 heavy (non-hydrogen) atoms. The number of benzene rings is 2. The topological polar surface area (TPSA) is 79.8 Å². The van der Waals surface area contributed by atoms with Crippen molar-refractivity contribution >= 4 is 51.5 Å². The lowest BCUT2D eigenvalue weighted by Crippen LogP contribution is -2.39. The van der Waals surface area contributed by atoms with Crippen LogP contribution in [0.5, 0.6) is 5.75 Å². The van der Waals surface area contributed by atoms with E-state index in [1.54, 1.807) is 32.0 Å². The first kappa shape index (κ1) is 27.6. The van der Waals surface area contributed by atoms with Gasteiger partial charge in [-0.05, 0) is 42.2 Å². The third-order valence-corrected chi connectivity index (χ3v) is 7.17. The van der Waals surface area contributed by atoms with Gasteiger partial charge in [0.05, 0.1) is 12.0 Å². The van der Waals surface area contributed by atoms with Crippen LogP contribution >= 0.6 is 35.7 Å². The molecule has 0 saturated carbocycles. The average Bonchev–Trinajstić information content (AvgIpc) is 2.71. The molecular formula is C22H32IN3O3S2. The minimum atomic E-state index is -3.20. The zero-order valence-electron chi connectivity index (χ0n) is 18.6. The molecule has 0 radical (unpaired) electrons. The second kappa shape index (κ2) is 13.2. The first-order valence-electron chi connectivity index (χ1n) is 9.74. The summed E-state index contributed by atoms with van der Waals surface area (Å²) in [4.78, 5) is 5.78. The molecule has 6 nitrogen and oxygen atoms in total. The number of nitrogens with one attached hydrogen (secondary N) is 2. The SMILES string of the molecule is CN=C(NCc1ccc(S(C)(=O)=O)c(C)c1)NCC(C)CSc1ccccc1OC.I. The minimum Gasteiger partial charge on any atom is -0.496 e. The molecule has 0 saturated heterocycles. The van der Waals surface area contributed by atoms with Gasteiger partial charge in [0.2, 0.25) is 0 Å². The highest BCUT2D eigenvalue weighted by molar-refractivity contribution is 14.0. The number of guanidine groups is 1. The lowest BCUT2D eigenvalue weighted by molar-refractivity contribution is 0.405. The Balaban J connectivity index is 0.00000480. The molecule has 2 rings (SSSR count). The summed E-state index contributed by atoms with van der Waals surface area (Å²) in [6, 6.07) is 13.4. The van der Waals surface area contributed by atoms with E-state index in [2.05, 4.69) is 28.6 Å². The molecule has 0 amide bonds. The van der Waals surface area contributed by atoms with Crippen molar-refractivity contribution < 1.29 is 13.2 Å². The molecule has 0 aromatic heterocycles. The van der Waals surface area contributed by atoms with Crippen molar-refractivity contribution in [1.29, 1.82) is 0 Å². The number of sulfone groups is 1. The van der Waals surface area contributed by atoms with Crippen LogP contribution in [0.1, 0.15) is 18.1 Å². The first-order chi connectivity index (χ1) is 14.2. The van der Waals surface area contributed by atoms with E-state index < -0.39 is 9.84 Å². The van der Waals surface area contributed by atoms with Gasteiger partial charge in [0.25, 0.3) is 0 Å². The largest absolute Gasteiger partial charge is 0.496 e. The predicted molar refractivity (Wildman–Crippen MR) is 141 cm³/mol. The second-order valence-electron chi connectivity index (χ2n) is 7.25. The Morgan fingerprint density at radius 3 is 2.52 bits per heavy atom. The number of hydrogen-bond acceptors (Lipinski definition) is 5. The third-order valence-electron chi connectivity index (χ3n) is 4.53. The van der Waals surface area contributed by atoms with Crippen LogP contribution in [0.2, 0.25) is 0 Å². The molecule has 0 spiro atoms. The molecular weight excluding hydrogens is 545 g/mol. The molecule has 0 fully saturated rings. The first-order valence-corrected chi connectivity index (χ1v) is 12.6. The van der Waals surface area contributed by atoms with Gasteiger partial charge in [-0.3, -0.25) is 4.99 Å². The lowest BCUT2D eigenvalue weighted by Gasteiger charge is -2.17. The Morgan fingerprint density at radius 2 is 1.90 bits per heavy atom. The van der Waals surface area contributed by atoms with E-state index >= 15 is 0 Å². The molecule has 2 N–H and O–H groups in total. The van der Waals surface area contributed by atoms with Gasteiger partial charge >= 0.3 is 0 Å². The minimum absolute atomic E-state index is 0. The Morgan fingerprint density at radius 1 is 1.19 bits per heavy atom. The number of aliphatic imine (C=N–C) groups is 1. The summed E-state index contributed by atoms with van der Waals surface area (Å²) < 4.78 is 28.9. The van der Waals surface area contributed by atoms with Crippen LogP contribution in [0.4, 0.5) is 0 Å². The fraction of sp³-hybridized carbons (Fsp3) is 0.409. The Bertz CT molecular complexity index is 982. The molecule has 0 bridgehead atoms. The zero-order valence-corrected chi connectivity index (χ0v) is 22.6. The molecule has 172 valence electrons. The Hall–Kier alpha value is -1.46. The molecule has 0 aliphatic heterocycles. The Kier molecular flexibility index (Phi) is 11.7. The standard InChI is InChI=1S/C22H31N3O3S2.HI/c1-16(15-29-20-9-7-6-8-19(20)28-4)13-24-22(23-3)25-14-18-10-11-21(17(2)12-18)30(5,26)27;/h6-12,16H,13-15H2,1-5H3,(H2,23,24,25);1H. The molecule has 0 aliphatic rings. The molecule has 2 aromatic carbocycles. The van der Waals surface area contributed by atoms with Crippen LogP contribution in [0.3, 0.4) is 0 Å². The monoisotopic (exact) mass is 577 g/mol. The average molecular weight is 578 g/mol. The maximum atomic E-state index is 11.8. The van der Waals surface area contributed by atoms with Gasteiger partial charge in [0.1, 0.15) is 5.75 Å². The van der Waals surface area contributed by atoms with Crippen LogP contribution < -0.4 is 15.4 Å². The third kappa shape index (κ3) is 8.89. The van der Waals surface area contributed by atoms with Crippen LogP contribution in [0.25, 0.3) is 0 Å². The van der Waals surface area contributed by atoms with Gasteiger partial charge in [-0.25, -0.2) is 8.42 Å². The highest BCUT2D eigenvalue weighted by Crippen LogP contribution is 2.29. The van der Waals surface area contributed by atoms with E-state index in [4.69, 9.17) is 4.74 Å². The predicted octanol–water partition coefficient (Wildman–Crippen LogP) is 4.12. The van der Waals surface area contributed by atoms with Crippen molar-refractivity contribution in [2.45, 2.75) is 30.2 Å². The number of para-hydroxylation sites is 1. The van der Waals surface area contributed by atoms with Crippen LogP contribution in [-0.4, -0.2) is 47.1 Å². The molecule has 9 heteroatoms.